The first-order valence-electron chi connectivity index (χ1n) is 6.09. The number of nitrogens with zero attached hydrogens (tertiary/aromatic N) is 1. The molecule has 0 N–H and O–H groups in total. The molecule has 0 amide bonds. The molecule has 0 saturated heterocycles. The van der Waals surface area contributed by atoms with E-state index in [1.54, 1.807) is 6.20 Å². The highest BCUT2D eigenvalue weighted by Gasteiger charge is 2.21. The van der Waals surface area contributed by atoms with Gasteiger partial charge < -0.3 is 4.74 Å². The first kappa shape index (κ1) is 10.3. The van der Waals surface area contributed by atoms with E-state index in [2.05, 4.69) is 29.2 Å². The lowest BCUT2D eigenvalue weighted by molar-refractivity contribution is 0.176. The first-order chi connectivity index (χ1) is 8.43. The summed E-state index contributed by atoms with van der Waals surface area (Å²) >= 11 is 0. The van der Waals surface area contributed by atoms with Crippen molar-refractivity contribution in [3.63, 3.8) is 0 Å². The van der Waals surface area contributed by atoms with Crippen LogP contribution in [0.15, 0.2) is 48.7 Å². The van der Waals surface area contributed by atoms with Gasteiger partial charge in [0.2, 0.25) is 5.88 Å². The van der Waals surface area contributed by atoms with Crippen LogP contribution in [0.1, 0.15) is 30.1 Å². The number of ether oxygens (including phenoxy) is 1. The molecule has 1 aliphatic carbocycles. The minimum atomic E-state index is 0.162. The minimum Gasteiger partial charge on any atom is -0.469 e. The van der Waals surface area contributed by atoms with Crippen molar-refractivity contribution in [2.75, 3.05) is 0 Å². The first-order valence-corrected chi connectivity index (χ1v) is 6.09. The number of fused-ring (bicyclic) bond motifs is 1. The van der Waals surface area contributed by atoms with E-state index in [1.807, 2.05) is 18.2 Å². The predicted molar refractivity (Wildman–Crippen MR) is 67.0 cm³/mol. The Hall–Kier alpha value is -1.83. The monoisotopic (exact) mass is 225 g/mol. The fourth-order valence-corrected chi connectivity index (χ4v) is 2.39. The summed E-state index contributed by atoms with van der Waals surface area (Å²) in [4.78, 5) is 4.22. The van der Waals surface area contributed by atoms with Crippen LogP contribution in [0.3, 0.4) is 0 Å². The van der Waals surface area contributed by atoms with Crippen LogP contribution in [0, 0.1) is 0 Å². The van der Waals surface area contributed by atoms with Crippen molar-refractivity contribution in [3.05, 3.63) is 59.8 Å². The Labute approximate surface area is 101 Å². The molecule has 2 heteroatoms. The van der Waals surface area contributed by atoms with Gasteiger partial charge in [-0.2, -0.15) is 0 Å². The number of rotatable bonds is 2. The molecule has 1 heterocycles. The Balaban J connectivity index is 1.86. The van der Waals surface area contributed by atoms with Crippen LogP contribution in [0.25, 0.3) is 0 Å². The van der Waals surface area contributed by atoms with E-state index in [-0.39, 0.29) is 6.10 Å². The molecular weight excluding hydrogens is 210 g/mol. The van der Waals surface area contributed by atoms with E-state index >= 15 is 0 Å². The Morgan fingerprint density at radius 2 is 1.94 bits per heavy atom. The summed E-state index contributed by atoms with van der Waals surface area (Å²) in [7, 11) is 0. The van der Waals surface area contributed by atoms with E-state index < -0.39 is 0 Å². The second kappa shape index (κ2) is 4.58. The Morgan fingerprint density at radius 3 is 2.82 bits per heavy atom. The zero-order valence-electron chi connectivity index (χ0n) is 9.67. The summed E-state index contributed by atoms with van der Waals surface area (Å²) in [5.74, 6) is 0.717. The van der Waals surface area contributed by atoms with Gasteiger partial charge in [0.05, 0.1) is 0 Å². The summed E-state index contributed by atoms with van der Waals surface area (Å²) in [5, 5.41) is 0. The zero-order chi connectivity index (χ0) is 11.5. The van der Waals surface area contributed by atoms with E-state index in [0.717, 1.165) is 12.8 Å². The molecule has 0 radical (unpaired) electrons. The molecular formula is C15H15NO. The molecule has 0 fully saturated rings. The van der Waals surface area contributed by atoms with Crippen LogP contribution in [-0.4, -0.2) is 4.98 Å². The fourth-order valence-electron chi connectivity index (χ4n) is 2.39. The second-order valence-corrected chi connectivity index (χ2v) is 4.37. The predicted octanol–water partition coefficient (Wildman–Crippen LogP) is 3.54. The molecule has 2 aromatic rings. The highest BCUT2D eigenvalue weighted by atomic mass is 16.5. The standard InChI is InChI=1S/C15H15NO/c1-2-8-13-12(6-1)7-5-9-14(13)17-15-10-3-4-11-16-15/h1-4,6,8,10-11,14H,5,7,9H2/t14-/m0/s1. The number of hydrogen-bond donors (Lipinski definition) is 0. The Morgan fingerprint density at radius 1 is 1.06 bits per heavy atom. The molecule has 2 nitrogen and oxygen atoms in total. The minimum absolute atomic E-state index is 0.162. The number of benzene rings is 1. The van der Waals surface area contributed by atoms with Crippen molar-refractivity contribution in [1.29, 1.82) is 0 Å². The SMILES string of the molecule is c1ccc(O[C@H]2CCCc3ccccc32)nc1. The maximum Gasteiger partial charge on any atom is 0.213 e. The van der Waals surface area contributed by atoms with Gasteiger partial charge in [-0.25, -0.2) is 4.98 Å². The number of aromatic nitrogens is 1. The van der Waals surface area contributed by atoms with Crippen LogP contribution in [0.5, 0.6) is 5.88 Å². The van der Waals surface area contributed by atoms with E-state index in [4.69, 9.17) is 4.74 Å². The molecule has 0 unspecified atom stereocenters. The second-order valence-electron chi connectivity index (χ2n) is 4.37. The van der Waals surface area contributed by atoms with Crippen molar-refractivity contribution < 1.29 is 4.74 Å². The van der Waals surface area contributed by atoms with Crippen LogP contribution >= 0.6 is 0 Å². The summed E-state index contributed by atoms with van der Waals surface area (Å²) in [5.41, 5.74) is 2.74. The summed E-state index contributed by atoms with van der Waals surface area (Å²) < 4.78 is 5.97. The highest BCUT2D eigenvalue weighted by Crippen LogP contribution is 2.32. The number of aryl methyl sites for hydroxylation is 1. The average Bonchev–Trinajstić information content (AvgIpc) is 2.40. The van der Waals surface area contributed by atoms with Gasteiger partial charge >= 0.3 is 0 Å². The third-order valence-electron chi connectivity index (χ3n) is 3.22. The number of pyridine rings is 1. The van der Waals surface area contributed by atoms with Crippen molar-refractivity contribution in [1.82, 2.24) is 4.98 Å². The van der Waals surface area contributed by atoms with Gasteiger partial charge in [0.15, 0.2) is 0 Å². The molecule has 1 aromatic carbocycles. The fraction of sp³-hybridized carbons (Fsp3) is 0.267. The quantitative estimate of drug-likeness (QED) is 0.780. The topological polar surface area (TPSA) is 22.1 Å². The third-order valence-corrected chi connectivity index (χ3v) is 3.22. The van der Waals surface area contributed by atoms with Crippen molar-refractivity contribution in [2.24, 2.45) is 0 Å². The molecule has 86 valence electrons. The van der Waals surface area contributed by atoms with Gasteiger partial charge in [0, 0.05) is 12.3 Å². The van der Waals surface area contributed by atoms with Crippen LogP contribution < -0.4 is 4.74 Å². The van der Waals surface area contributed by atoms with Crippen molar-refractivity contribution >= 4 is 0 Å². The highest BCUT2D eigenvalue weighted by molar-refractivity contribution is 5.32. The maximum atomic E-state index is 5.97. The van der Waals surface area contributed by atoms with Crippen LogP contribution in [-0.2, 0) is 6.42 Å². The van der Waals surface area contributed by atoms with Gasteiger partial charge in [-0.3, -0.25) is 0 Å². The summed E-state index contributed by atoms with van der Waals surface area (Å²) in [6.45, 7) is 0. The van der Waals surface area contributed by atoms with Gasteiger partial charge in [-0.05, 0) is 36.5 Å². The van der Waals surface area contributed by atoms with Crippen molar-refractivity contribution in [3.8, 4) is 5.88 Å². The lowest BCUT2D eigenvalue weighted by Gasteiger charge is -2.25. The largest absolute Gasteiger partial charge is 0.469 e. The maximum absolute atomic E-state index is 5.97. The molecule has 0 saturated carbocycles. The lowest BCUT2D eigenvalue weighted by Crippen LogP contribution is -2.15. The molecule has 0 bridgehead atoms. The van der Waals surface area contributed by atoms with Gasteiger partial charge in [0.25, 0.3) is 0 Å². The van der Waals surface area contributed by atoms with E-state index in [1.165, 1.54) is 17.5 Å². The molecule has 0 spiro atoms. The molecule has 3 rings (SSSR count). The third kappa shape index (κ3) is 2.16. The van der Waals surface area contributed by atoms with Crippen LogP contribution in [0.2, 0.25) is 0 Å². The average molecular weight is 225 g/mol. The van der Waals surface area contributed by atoms with Gasteiger partial charge in [-0.15, -0.1) is 0 Å². The molecule has 1 aromatic heterocycles. The molecule has 0 aliphatic heterocycles. The summed E-state index contributed by atoms with van der Waals surface area (Å²) in [6, 6.07) is 14.3. The van der Waals surface area contributed by atoms with E-state index in [0.29, 0.717) is 5.88 Å². The normalized spacial score (nSPS) is 18.5. The molecule has 1 aliphatic rings. The van der Waals surface area contributed by atoms with E-state index in [9.17, 15) is 0 Å². The van der Waals surface area contributed by atoms with Crippen LogP contribution in [0.4, 0.5) is 0 Å². The molecule has 1 atom stereocenters. The smallest absolute Gasteiger partial charge is 0.213 e. The Kier molecular flexibility index (Phi) is 2.78. The zero-order valence-corrected chi connectivity index (χ0v) is 9.67. The summed E-state index contributed by atoms with van der Waals surface area (Å²) in [6.07, 6.45) is 5.36. The Bertz CT molecular complexity index is 495. The van der Waals surface area contributed by atoms with Gasteiger partial charge in [0.1, 0.15) is 6.10 Å². The lowest BCUT2D eigenvalue weighted by atomic mass is 9.89. The van der Waals surface area contributed by atoms with Crippen molar-refractivity contribution in [2.45, 2.75) is 25.4 Å². The number of hydrogen-bond acceptors (Lipinski definition) is 2. The molecule has 17 heavy (non-hydrogen) atoms. The van der Waals surface area contributed by atoms with Gasteiger partial charge in [-0.1, -0.05) is 30.3 Å².